The molecule has 3 rings (SSSR count). The average Bonchev–Trinajstić information content (AvgIpc) is 3.03. The number of ether oxygens (including phenoxy) is 5. The maximum absolute atomic E-state index is 12.9. The van der Waals surface area contributed by atoms with Crippen molar-refractivity contribution in [1.82, 2.24) is 0 Å². The van der Waals surface area contributed by atoms with Crippen molar-refractivity contribution in [1.29, 1.82) is 0 Å². The fourth-order valence-electron chi connectivity index (χ4n) is 6.28. The second kappa shape index (κ2) is 11.5. The lowest BCUT2D eigenvalue weighted by Gasteiger charge is -2.54. The summed E-state index contributed by atoms with van der Waals surface area (Å²) in [6.07, 6.45) is -0.259. The molecule has 2 aliphatic carbocycles. The summed E-state index contributed by atoms with van der Waals surface area (Å²) in [6.45, 7) is 9.85. The minimum absolute atomic E-state index is 0.161. The SMILES string of the molecule is CC(=O)OC/C1=C/[C@@H]2OC(=O)[C@H](C)[C@@]2(O)C(OC(C)=O)[C@H]2C(C)=CC[C@H](OC(C)=O)[C@]2(C)[C@@H](OC(C)=O)CC1. The van der Waals surface area contributed by atoms with E-state index in [1.165, 1.54) is 40.7 Å². The summed E-state index contributed by atoms with van der Waals surface area (Å²) in [5.41, 5.74) is -2.08. The zero-order valence-electron chi connectivity index (χ0n) is 23.5. The molecule has 8 atom stereocenters. The minimum Gasteiger partial charge on any atom is -0.462 e. The lowest BCUT2D eigenvalue weighted by atomic mass is 9.56. The molecule has 11 nitrogen and oxygen atoms in total. The molecule has 11 heteroatoms. The molecule has 0 aromatic carbocycles. The topological polar surface area (TPSA) is 152 Å². The third-order valence-corrected chi connectivity index (χ3v) is 8.19. The highest BCUT2D eigenvalue weighted by Crippen LogP contribution is 2.55. The number of rotatable bonds is 5. The van der Waals surface area contributed by atoms with Gasteiger partial charge in [0.25, 0.3) is 0 Å². The van der Waals surface area contributed by atoms with Crippen molar-refractivity contribution in [3.8, 4) is 0 Å². The van der Waals surface area contributed by atoms with Gasteiger partial charge in [-0.15, -0.1) is 0 Å². The van der Waals surface area contributed by atoms with Crippen LogP contribution in [0.15, 0.2) is 23.3 Å². The summed E-state index contributed by atoms with van der Waals surface area (Å²) in [4.78, 5) is 61.6. The monoisotopic (exact) mass is 550 g/mol. The predicted octanol–water partition coefficient (Wildman–Crippen LogP) is 2.33. The predicted molar refractivity (Wildman–Crippen MR) is 135 cm³/mol. The fourth-order valence-corrected chi connectivity index (χ4v) is 6.28. The molecule has 1 heterocycles. The zero-order chi connectivity index (χ0) is 29.3. The van der Waals surface area contributed by atoms with Gasteiger partial charge >= 0.3 is 29.8 Å². The molecule has 3 aliphatic rings. The summed E-state index contributed by atoms with van der Waals surface area (Å²) in [6, 6.07) is 0. The Hall–Kier alpha value is -3.21. The molecule has 0 saturated carbocycles. The number of fused-ring (bicyclic) bond motifs is 2. The van der Waals surface area contributed by atoms with E-state index in [0.29, 0.717) is 11.1 Å². The molecule has 1 fully saturated rings. The standard InChI is InChI=1S/C28H38O11/c1-14-8-10-21(36-17(4)30)27(7)22(37-18(5)31)11-9-20(13-35-16(3)29)12-23-28(34,15(2)26(33)39-23)25(24(14)27)38-19(6)32/h8,12,15,21-25,34H,9-11,13H2,1-7H3/b20-12+/t15-,21-,22-,23-,24+,25?,27+,28-/m0/s1. The Morgan fingerprint density at radius 2 is 1.59 bits per heavy atom. The third-order valence-electron chi connectivity index (χ3n) is 8.19. The number of hydrogen-bond donors (Lipinski definition) is 1. The van der Waals surface area contributed by atoms with Crippen molar-refractivity contribution in [2.24, 2.45) is 17.3 Å². The van der Waals surface area contributed by atoms with E-state index in [1.54, 1.807) is 13.8 Å². The molecule has 0 spiro atoms. The second-order valence-corrected chi connectivity index (χ2v) is 10.9. The summed E-state index contributed by atoms with van der Waals surface area (Å²) in [5, 5.41) is 12.4. The fraction of sp³-hybridized carbons (Fsp3) is 0.679. The van der Waals surface area contributed by atoms with Gasteiger partial charge in [-0.2, -0.15) is 0 Å². The molecule has 0 aromatic rings. The first-order valence-corrected chi connectivity index (χ1v) is 13.1. The maximum Gasteiger partial charge on any atom is 0.312 e. The first-order valence-electron chi connectivity index (χ1n) is 13.1. The molecule has 1 unspecified atom stereocenters. The van der Waals surface area contributed by atoms with E-state index in [4.69, 9.17) is 23.7 Å². The highest BCUT2D eigenvalue weighted by Gasteiger charge is 2.67. The van der Waals surface area contributed by atoms with Crippen LogP contribution in [0.2, 0.25) is 0 Å². The summed E-state index contributed by atoms with van der Waals surface area (Å²) in [5.74, 6) is -5.07. The number of aliphatic hydroxyl groups is 1. The van der Waals surface area contributed by atoms with Gasteiger partial charge < -0.3 is 28.8 Å². The Labute approximate surface area is 227 Å². The molecule has 216 valence electrons. The van der Waals surface area contributed by atoms with Crippen molar-refractivity contribution < 1.29 is 52.8 Å². The van der Waals surface area contributed by atoms with E-state index in [1.807, 2.05) is 6.08 Å². The molecule has 1 N–H and O–H groups in total. The van der Waals surface area contributed by atoms with Crippen LogP contribution in [0.5, 0.6) is 0 Å². The summed E-state index contributed by atoms with van der Waals surface area (Å²) >= 11 is 0. The second-order valence-electron chi connectivity index (χ2n) is 10.9. The van der Waals surface area contributed by atoms with Gasteiger partial charge in [-0.3, -0.25) is 24.0 Å². The van der Waals surface area contributed by atoms with Crippen LogP contribution in [0.3, 0.4) is 0 Å². The van der Waals surface area contributed by atoms with Crippen LogP contribution in [0.4, 0.5) is 0 Å². The normalized spacial score (nSPS) is 37.5. The van der Waals surface area contributed by atoms with E-state index in [9.17, 15) is 29.1 Å². The van der Waals surface area contributed by atoms with E-state index in [0.717, 1.165) is 0 Å². The van der Waals surface area contributed by atoms with E-state index in [-0.39, 0.29) is 25.9 Å². The number of carbonyl (C=O) groups is 5. The van der Waals surface area contributed by atoms with Gasteiger partial charge in [0.2, 0.25) is 0 Å². The van der Waals surface area contributed by atoms with Crippen LogP contribution < -0.4 is 0 Å². The van der Waals surface area contributed by atoms with Crippen molar-refractivity contribution in [3.63, 3.8) is 0 Å². The first kappa shape index (κ1) is 30.3. The summed E-state index contributed by atoms with van der Waals surface area (Å²) in [7, 11) is 0. The highest BCUT2D eigenvalue weighted by atomic mass is 16.6. The van der Waals surface area contributed by atoms with Gasteiger partial charge in [0.05, 0.1) is 11.3 Å². The Bertz CT molecular complexity index is 1090. The third kappa shape index (κ3) is 5.88. The van der Waals surface area contributed by atoms with Crippen LogP contribution in [0, 0.1) is 17.3 Å². The average molecular weight is 551 g/mol. The minimum atomic E-state index is -2.07. The van der Waals surface area contributed by atoms with Gasteiger partial charge in [-0.25, -0.2) is 0 Å². The largest absolute Gasteiger partial charge is 0.462 e. The maximum atomic E-state index is 12.9. The quantitative estimate of drug-likeness (QED) is 0.305. The first-order chi connectivity index (χ1) is 18.1. The molecule has 0 radical (unpaired) electrons. The smallest absolute Gasteiger partial charge is 0.312 e. The van der Waals surface area contributed by atoms with Crippen LogP contribution in [-0.2, 0) is 47.7 Å². The Kier molecular flexibility index (Phi) is 8.94. The van der Waals surface area contributed by atoms with E-state index < -0.39 is 77.1 Å². The molecule has 0 amide bonds. The van der Waals surface area contributed by atoms with Crippen molar-refractivity contribution in [3.05, 3.63) is 23.3 Å². The van der Waals surface area contributed by atoms with Crippen LogP contribution in [-0.4, -0.2) is 71.6 Å². The lowest BCUT2D eigenvalue weighted by Crippen LogP contribution is -2.65. The van der Waals surface area contributed by atoms with Crippen molar-refractivity contribution in [2.45, 2.75) is 97.7 Å². The molecular formula is C28H38O11. The van der Waals surface area contributed by atoms with Crippen LogP contribution in [0.1, 0.15) is 67.7 Å². The van der Waals surface area contributed by atoms with Gasteiger partial charge in [0.1, 0.15) is 24.9 Å². The Morgan fingerprint density at radius 1 is 1.00 bits per heavy atom. The van der Waals surface area contributed by atoms with Crippen LogP contribution in [0.25, 0.3) is 0 Å². The zero-order valence-corrected chi connectivity index (χ0v) is 23.5. The van der Waals surface area contributed by atoms with Crippen LogP contribution >= 0.6 is 0 Å². The van der Waals surface area contributed by atoms with Gasteiger partial charge in [-0.05, 0) is 38.3 Å². The number of esters is 5. The highest BCUT2D eigenvalue weighted by molar-refractivity contribution is 5.78. The molecular weight excluding hydrogens is 512 g/mol. The molecule has 1 saturated heterocycles. The summed E-state index contributed by atoms with van der Waals surface area (Å²) < 4.78 is 28.3. The lowest BCUT2D eigenvalue weighted by molar-refractivity contribution is -0.216. The van der Waals surface area contributed by atoms with E-state index in [2.05, 4.69) is 0 Å². The van der Waals surface area contributed by atoms with Gasteiger partial charge in [-0.1, -0.05) is 18.6 Å². The Balaban J connectivity index is 2.34. The molecule has 0 bridgehead atoms. The van der Waals surface area contributed by atoms with Gasteiger partial charge in [0.15, 0.2) is 11.7 Å². The van der Waals surface area contributed by atoms with Gasteiger partial charge in [0, 0.05) is 40.0 Å². The number of carbonyl (C=O) groups excluding carboxylic acids is 5. The van der Waals surface area contributed by atoms with E-state index >= 15 is 0 Å². The van der Waals surface area contributed by atoms with Crippen molar-refractivity contribution in [2.75, 3.05) is 6.61 Å². The number of hydrogen-bond acceptors (Lipinski definition) is 11. The Morgan fingerprint density at radius 3 is 2.15 bits per heavy atom. The molecule has 1 aliphatic heterocycles. The molecule has 39 heavy (non-hydrogen) atoms. The van der Waals surface area contributed by atoms with Crippen molar-refractivity contribution >= 4 is 29.8 Å². The molecule has 0 aromatic heterocycles.